The zero-order chi connectivity index (χ0) is 10.4. The van der Waals surface area contributed by atoms with Crippen molar-refractivity contribution >= 4 is 6.09 Å². The zero-order valence-corrected chi connectivity index (χ0v) is 8.74. The van der Waals surface area contributed by atoms with Gasteiger partial charge in [-0.05, 0) is 18.8 Å². The van der Waals surface area contributed by atoms with Gasteiger partial charge in [0.25, 0.3) is 0 Å². The van der Waals surface area contributed by atoms with E-state index in [1.54, 1.807) is 11.9 Å². The van der Waals surface area contributed by atoms with Crippen molar-refractivity contribution in [2.75, 3.05) is 26.8 Å². The maximum absolute atomic E-state index is 11.3. The van der Waals surface area contributed by atoms with Crippen molar-refractivity contribution in [3.05, 3.63) is 0 Å². The molecule has 4 nitrogen and oxygen atoms in total. The first-order chi connectivity index (χ1) is 6.74. The van der Waals surface area contributed by atoms with Crippen molar-refractivity contribution in [3.8, 4) is 0 Å². The van der Waals surface area contributed by atoms with Crippen LogP contribution >= 0.6 is 0 Å². The van der Waals surface area contributed by atoms with Crippen molar-refractivity contribution in [3.63, 3.8) is 0 Å². The van der Waals surface area contributed by atoms with E-state index in [9.17, 15) is 4.79 Å². The van der Waals surface area contributed by atoms with Gasteiger partial charge in [0.2, 0.25) is 0 Å². The van der Waals surface area contributed by atoms with Crippen LogP contribution in [0.25, 0.3) is 0 Å². The van der Waals surface area contributed by atoms with Crippen LogP contribution in [-0.2, 0) is 4.74 Å². The normalized spacial score (nSPS) is 17.0. The Balaban J connectivity index is 2.18. The van der Waals surface area contributed by atoms with Gasteiger partial charge in [0.15, 0.2) is 0 Å². The first-order valence-electron chi connectivity index (χ1n) is 5.22. The third kappa shape index (κ3) is 3.54. The molecule has 0 aromatic rings. The number of carbonyl (C=O) groups is 1. The minimum absolute atomic E-state index is 0.0911. The number of rotatable bonds is 4. The third-order valence-corrected chi connectivity index (χ3v) is 2.64. The largest absolute Gasteiger partial charge is 0.447 e. The van der Waals surface area contributed by atoms with Crippen molar-refractivity contribution < 1.29 is 14.6 Å². The molecule has 82 valence electrons. The number of nitrogens with zero attached hydrogens (tertiary/aromatic N) is 1. The van der Waals surface area contributed by atoms with Gasteiger partial charge in [-0.15, -0.1) is 0 Å². The van der Waals surface area contributed by atoms with Crippen LogP contribution in [0.5, 0.6) is 0 Å². The van der Waals surface area contributed by atoms with E-state index in [-0.39, 0.29) is 19.3 Å². The Morgan fingerprint density at radius 3 is 2.71 bits per heavy atom. The Morgan fingerprint density at radius 1 is 1.50 bits per heavy atom. The van der Waals surface area contributed by atoms with Crippen LogP contribution < -0.4 is 0 Å². The standard InChI is InChI=1S/C10H19NO3/c1-11(10(13)14-7-6-12)8-9-4-2-3-5-9/h9,12H,2-8H2,1H3. The molecule has 0 bridgehead atoms. The van der Waals surface area contributed by atoms with Gasteiger partial charge in [0.1, 0.15) is 6.61 Å². The molecule has 0 atom stereocenters. The van der Waals surface area contributed by atoms with Crippen LogP contribution in [0.1, 0.15) is 25.7 Å². The number of carbonyl (C=O) groups excluding carboxylic acids is 1. The van der Waals surface area contributed by atoms with E-state index in [1.807, 2.05) is 0 Å². The molecule has 0 heterocycles. The molecule has 4 heteroatoms. The Bertz CT molecular complexity index is 178. The first-order valence-corrected chi connectivity index (χ1v) is 5.22. The average molecular weight is 201 g/mol. The molecule has 1 saturated carbocycles. The van der Waals surface area contributed by atoms with Gasteiger partial charge >= 0.3 is 6.09 Å². The minimum Gasteiger partial charge on any atom is -0.447 e. The Kier molecular flexibility index (Phi) is 4.73. The molecule has 0 saturated heterocycles. The van der Waals surface area contributed by atoms with Crippen LogP contribution in [0.2, 0.25) is 0 Å². The monoisotopic (exact) mass is 201 g/mol. The summed E-state index contributed by atoms with van der Waals surface area (Å²) in [7, 11) is 1.75. The molecule has 1 aliphatic rings. The molecule has 1 amide bonds. The van der Waals surface area contributed by atoms with Crippen molar-refractivity contribution in [2.45, 2.75) is 25.7 Å². The molecule has 1 aliphatic carbocycles. The molecule has 0 aliphatic heterocycles. The van der Waals surface area contributed by atoms with Crippen molar-refractivity contribution in [1.29, 1.82) is 0 Å². The summed E-state index contributed by atoms with van der Waals surface area (Å²) in [6.45, 7) is 0.765. The second kappa shape index (κ2) is 5.86. The second-order valence-electron chi connectivity index (χ2n) is 3.87. The van der Waals surface area contributed by atoms with Gasteiger partial charge in [-0.2, -0.15) is 0 Å². The zero-order valence-electron chi connectivity index (χ0n) is 8.74. The predicted molar refractivity (Wildman–Crippen MR) is 53.0 cm³/mol. The molecule has 0 spiro atoms. The predicted octanol–water partition coefficient (Wildman–Crippen LogP) is 1.24. The molecule has 0 radical (unpaired) electrons. The summed E-state index contributed by atoms with van der Waals surface area (Å²) in [6, 6.07) is 0. The molecule has 1 rings (SSSR count). The quantitative estimate of drug-likeness (QED) is 0.744. The first kappa shape index (κ1) is 11.3. The average Bonchev–Trinajstić information content (AvgIpc) is 2.66. The summed E-state index contributed by atoms with van der Waals surface area (Å²) in [4.78, 5) is 12.9. The summed E-state index contributed by atoms with van der Waals surface area (Å²) in [5.74, 6) is 0.640. The molecule has 0 aromatic heterocycles. The van der Waals surface area contributed by atoms with E-state index in [4.69, 9.17) is 9.84 Å². The van der Waals surface area contributed by atoms with Gasteiger partial charge in [0.05, 0.1) is 6.61 Å². The van der Waals surface area contributed by atoms with Crippen LogP contribution in [-0.4, -0.2) is 42.9 Å². The highest BCUT2D eigenvalue weighted by Crippen LogP contribution is 2.25. The summed E-state index contributed by atoms with van der Waals surface area (Å²) in [6.07, 6.45) is 4.68. The van der Waals surface area contributed by atoms with E-state index in [1.165, 1.54) is 25.7 Å². The van der Waals surface area contributed by atoms with Gasteiger partial charge < -0.3 is 14.7 Å². The highest BCUT2D eigenvalue weighted by Gasteiger charge is 2.19. The van der Waals surface area contributed by atoms with Crippen molar-refractivity contribution in [2.24, 2.45) is 5.92 Å². The lowest BCUT2D eigenvalue weighted by atomic mass is 10.1. The number of hydrogen-bond acceptors (Lipinski definition) is 3. The number of amides is 1. The molecular formula is C10H19NO3. The number of aliphatic hydroxyl groups is 1. The van der Waals surface area contributed by atoms with Crippen LogP contribution in [0.15, 0.2) is 0 Å². The van der Waals surface area contributed by atoms with Gasteiger partial charge in [-0.25, -0.2) is 4.79 Å². The fourth-order valence-electron chi connectivity index (χ4n) is 1.90. The number of hydrogen-bond donors (Lipinski definition) is 1. The molecule has 0 unspecified atom stereocenters. The summed E-state index contributed by atoms with van der Waals surface area (Å²) < 4.78 is 4.80. The van der Waals surface area contributed by atoms with Gasteiger partial charge in [-0.1, -0.05) is 12.8 Å². The fraction of sp³-hybridized carbons (Fsp3) is 0.900. The van der Waals surface area contributed by atoms with Gasteiger partial charge in [0, 0.05) is 13.6 Å². The third-order valence-electron chi connectivity index (χ3n) is 2.64. The van der Waals surface area contributed by atoms with Crippen LogP contribution in [0, 0.1) is 5.92 Å². The summed E-state index contributed by atoms with van der Waals surface area (Å²) in [5.41, 5.74) is 0. The van der Waals surface area contributed by atoms with Gasteiger partial charge in [-0.3, -0.25) is 0 Å². The topological polar surface area (TPSA) is 49.8 Å². The highest BCUT2D eigenvalue weighted by molar-refractivity contribution is 5.67. The van der Waals surface area contributed by atoms with E-state index in [0.717, 1.165) is 6.54 Å². The fourth-order valence-corrected chi connectivity index (χ4v) is 1.90. The molecule has 1 N–H and O–H groups in total. The molecule has 1 fully saturated rings. The Hall–Kier alpha value is -0.770. The number of ether oxygens (including phenoxy) is 1. The van der Waals surface area contributed by atoms with E-state index >= 15 is 0 Å². The maximum Gasteiger partial charge on any atom is 0.409 e. The van der Waals surface area contributed by atoms with Crippen LogP contribution in [0.3, 0.4) is 0 Å². The molecule has 0 aromatic carbocycles. The number of aliphatic hydroxyl groups excluding tert-OH is 1. The Labute approximate surface area is 84.8 Å². The van der Waals surface area contributed by atoms with E-state index in [0.29, 0.717) is 5.92 Å². The van der Waals surface area contributed by atoms with E-state index < -0.39 is 0 Å². The summed E-state index contributed by atoms with van der Waals surface area (Å²) in [5, 5.41) is 8.49. The smallest absolute Gasteiger partial charge is 0.409 e. The maximum atomic E-state index is 11.3. The second-order valence-corrected chi connectivity index (χ2v) is 3.87. The lowest BCUT2D eigenvalue weighted by Gasteiger charge is -2.20. The lowest BCUT2D eigenvalue weighted by Crippen LogP contribution is -2.32. The minimum atomic E-state index is -0.328. The van der Waals surface area contributed by atoms with Crippen molar-refractivity contribution in [1.82, 2.24) is 4.90 Å². The molecular weight excluding hydrogens is 182 g/mol. The molecule has 14 heavy (non-hydrogen) atoms. The lowest BCUT2D eigenvalue weighted by molar-refractivity contribution is 0.0872. The van der Waals surface area contributed by atoms with E-state index in [2.05, 4.69) is 0 Å². The SMILES string of the molecule is CN(CC1CCCC1)C(=O)OCCO. The Morgan fingerprint density at radius 2 is 2.14 bits per heavy atom. The van der Waals surface area contributed by atoms with Crippen LogP contribution in [0.4, 0.5) is 4.79 Å². The highest BCUT2D eigenvalue weighted by atomic mass is 16.6. The summed E-state index contributed by atoms with van der Waals surface area (Å²) >= 11 is 0.